The van der Waals surface area contributed by atoms with Crippen LogP contribution in [0.3, 0.4) is 0 Å². The van der Waals surface area contributed by atoms with Crippen molar-refractivity contribution in [2.24, 2.45) is 5.41 Å². The highest BCUT2D eigenvalue weighted by atomic mass is 79.9. The second-order valence-electron chi connectivity index (χ2n) is 4.42. The first-order valence-corrected chi connectivity index (χ1v) is 7.43. The summed E-state index contributed by atoms with van der Waals surface area (Å²) in [6, 6.07) is 4.43. The van der Waals surface area contributed by atoms with Gasteiger partial charge in [-0.15, -0.1) is 11.3 Å². The van der Waals surface area contributed by atoms with Crippen molar-refractivity contribution in [1.82, 2.24) is 0 Å². The molecule has 0 bridgehead atoms. The average molecular weight is 273 g/mol. The van der Waals surface area contributed by atoms with Gasteiger partial charge in [0.05, 0.1) is 0 Å². The van der Waals surface area contributed by atoms with Gasteiger partial charge in [-0.05, 0) is 42.5 Å². The first kappa shape index (κ1) is 10.7. The van der Waals surface area contributed by atoms with E-state index in [9.17, 15) is 0 Å². The summed E-state index contributed by atoms with van der Waals surface area (Å²) < 4.78 is 0. The summed E-state index contributed by atoms with van der Waals surface area (Å²) in [7, 11) is 0. The summed E-state index contributed by atoms with van der Waals surface area (Å²) in [5, 5.41) is 3.39. The second-order valence-corrected chi connectivity index (χ2v) is 6.01. The van der Waals surface area contributed by atoms with Crippen LogP contribution >= 0.6 is 27.3 Å². The Hall–Kier alpha value is 0.180. The van der Waals surface area contributed by atoms with E-state index in [2.05, 4.69) is 33.4 Å². The van der Waals surface area contributed by atoms with Crippen molar-refractivity contribution >= 4 is 27.3 Å². The predicted octanol–water partition coefficient (Wildman–Crippen LogP) is 4.64. The Balaban J connectivity index is 1.89. The molecule has 1 aromatic rings. The Labute approximate surface area is 98.9 Å². The van der Waals surface area contributed by atoms with Crippen molar-refractivity contribution < 1.29 is 0 Å². The zero-order chi connectivity index (χ0) is 9.86. The number of alkyl halides is 1. The van der Waals surface area contributed by atoms with Crippen molar-refractivity contribution in [1.29, 1.82) is 0 Å². The highest BCUT2D eigenvalue weighted by Crippen LogP contribution is 2.43. The van der Waals surface area contributed by atoms with Crippen LogP contribution in [0.1, 0.15) is 37.0 Å². The van der Waals surface area contributed by atoms with Gasteiger partial charge in [0.1, 0.15) is 0 Å². The summed E-state index contributed by atoms with van der Waals surface area (Å²) in [5.74, 6) is 0. The van der Waals surface area contributed by atoms with Crippen LogP contribution in [0.25, 0.3) is 0 Å². The van der Waals surface area contributed by atoms with Gasteiger partial charge in [0.15, 0.2) is 0 Å². The molecule has 0 radical (unpaired) electrons. The number of halogens is 1. The van der Waals surface area contributed by atoms with E-state index in [4.69, 9.17) is 0 Å². The summed E-state index contributed by atoms with van der Waals surface area (Å²) in [5.41, 5.74) is 0.629. The van der Waals surface area contributed by atoms with Gasteiger partial charge in [0, 0.05) is 10.2 Å². The van der Waals surface area contributed by atoms with Gasteiger partial charge in [-0.2, -0.15) is 0 Å². The lowest BCUT2D eigenvalue weighted by Crippen LogP contribution is -2.18. The Morgan fingerprint density at radius 3 is 2.71 bits per heavy atom. The zero-order valence-corrected chi connectivity index (χ0v) is 10.9. The fourth-order valence-corrected chi connectivity index (χ4v) is 3.97. The van der Waals surface area contributed by atoms with Crippen molar-refractivity contribution in [2.75, 3.05) is 5.33 Å². The molecule has 0 aliphatic heterocycles. The van der Waals surface area contributed by atoms with Gasteiger partial charge >= 0.3 is 0 Å². The van der Waals surface area contributed by atoms with Crippen LogP contribution < -0.4 is 0 Å². The summed E-state index contributed by atoms with van der Waals surface area (Å²) in [6.07, 6.45) is 8.40. The van der Waals surface area contributed by atoms with Crippen LogP contribution in [0, 0.1) is 5.41 Å². The molecule has 1 fully saturated rings. The Morgan fingerprint density at radius 1 is 1.36 bits per heavy atom. The molecule has 1 aliphatic carbocycles. The van der Waals surface area contributed by atoms with Gasteiger partial charge in [0.25, 0.3) is 0 Å². The zero-order valence-electron chi connectivity index (χ0n) is 8.47. The maximum absolute atomic E-state index is 3.70. The SMILES string of the molecule is BrCC1(CCc2cccs2)CCCC1. The number of aryl methyl sites for hydroxylation is 1. The van der Waals surface area contributed by atoms with Gasteiger partial charge < -0.3 is 0 Å². The van der Waals surface area contributed by atoms with E-state index in [1.807, 2.05) is 11.3 Å². The Kier molecular flexibility index (Phi) is 3.67. The Morgan fingerprint density at radius 2 is 2.14 bits per heavy atom. The van der Waals surface area contributed by atoms with E-state index in [1.54, 1.807) is 4.88 Å². The molecule has 0 amide bonds. The van der Waals surface area contributed by atoms with Gasteiger partial charge in [-0.1, -0.05) is 34.8 Å². The normalized spacial score (nSPS) is 20.1. The van der Waals surface area contributed by atoms with Crippen molar-refractivity contribution in [2.45, 2.75) is 38.5 Å². The molecule has 0 atom stereocenters. The lowest BCUT2D eigenvalue weighted by atomic mass is 9.83. The van der Waals surface area contributed by atoms with E-state index >= 15 is 0 Å². The van der Waals surface area contributed by atoms with Crippen LogP contribution in [0.2, 0.25) is 0 Å². The molecule has 78 valence electrons. The summed E-state index contributed by atoms with van der Waals surface area (Å²) in [6.45, 7) is 0. The van der Waals surface area contributed by atoms with Crippen LogP contribution in [0.4, 0.5) is 0 Å². The van der Waals surface area contributed by atoms with E-state index in [0.717, 1.165) is 0 Å². The van der Waals surface area contributed by atoms with Crippen LogP contribution in [0.5, 0.6) is 0 Å². The van der Waals surface area contributed by atoms with E-state index < -0.39 is 0 Å². The van der Waals surface area contributed by atoms with Crippen LogP contribution in [-0.4, -0.2) is 5.33 Å². The minimum atomic E-state index is 0.629. The number of rotatable bonds is 4. The molecule has 1 aromatic heterocycles. The van der Waals surface area contributed by atoms with Gasteiger partial charge in [-0.25, -0.2) is 0 Å². The smallest absolute Gasteiger partial charge is 0.00880 e. The molecule has 0 aromatic carbocycles. The van der Waals surface area contributed by atoms with Gasteiger partial charge in [0.2, 0.25) is 0 Å². The van der Waals surface area contributed by atoms with Crippen LogP contribution in [0.15, 0.2) is 17.5 Å². The molecule has 0 saturated heterocycles. The quantitative estimate of drug-likeness (QED) is 0.701. The molecule has 1 aliphatic rings. The van der Waals surface area contributed by atoms with Crippen molar-refractivity contribution in [3.8, 4) is 0 Å². The molecule has 0 N–H and O–H groups in total. The molecule has 1 heterocycles. The summed E-state index contributed by atoms with van der Waals surface area (Å²) in [4.78, 5) is 1.55. The molecule has 0 spiro atoms. The number of thiophene rings is 1. The van der Waals surface area contributed by atoms with Crippen LogP contribution in [-0.2, 0) is 6.42 Å². The first-order chi connectivity index (χ1) is 6.85. The van der Waals surface area contributed by atoms with Crippen molar-refractivity contribution in [3.63, 3.8) is 0 Å². The minimum absolute atomic E-state index is 0.629. The Bertz CT molecular complexity index is 260. The maximum Gasteiger partial charge on any atom is 0.00880 e. The molecular formula is C12H17BrS. The molecule has 2 heteroatoms. The fraction of sp³-hybridized carbons (Fsp3) is 0.667. The van der Waals surface area contributed by atoms with E-state index in [1.165, 1.54) is 43.9 Å². The largest absolute Gasteiger partial charge is 0.149 e. The van der Waals surface area contributed by atoms with Crippen molar-refractivity contribution in [3.05, 3.63) is 22.4 Å². The predicted molar refractivity (Wildman–Crippen MR) is 67.3 cm³/mol. The standard InChI is InChI=1S/C12H17BrS/c13-10-12(6-1-2-7-12)8-5-11-4-3-9-14-11/h3-4,9H,1-2,5-8,10H2. The molecule has 2 rings (SSSR count). The highest BCUT2D eigenvalue weighted by Gasteiger charge is 2.32. The summed E-state index contributed by atoms with van der Waals surface area (Å²) >= 11 is 5.60. The molecule has 0 nitrogen and oxygen atoms in total. The molecule has 14 heavy (non-hydrogen) atoms. The second kappa shape index (κ2) is 4.80. The lowest BCUT2D eigenvalue weighted by molar-refractivity contribution is 0.321. The molecule has 1 saturated carbocycles. The fourth-order valence-electron chi connectivity index (χ4n) is 2.42. The highest BCUT2D eigenvalue weighted by molar-refractivity contribution is 9.09. The average Bonchev–Trinajstić information content (AvgIpc) is 2.87. The van der Waals surface area contributed by atoms with E-state index in [0.29, 0.717) is 5.41 Å². The van der Waals surface area contributed by atoms with Gasteiger partial charge in [-0.3, -0.25) is 0 Å². The monoisotopic (exact) mass is 272 g/mol. The van der Waals surface area contributed by atoms with E-state index in [-0.39, 0.29) is 0 Å². The first-order valence-electron chi connectivity index (χ1n) is 5.43. The third-order valence-corrected chi connectivity index (χ3v) is 5.56. The molecule has 0 unspecified atom stereocenters. The molecular weight excluding hydrogens is 256 g/mol. The number of hydrogen-bond acceptors (Lipinski definition) is 1. The maximum atomic E-state index is 3.70. The topological polar surface area (TPSA) is 0 Å². The third kappa shape index (κ3) is 2.40. The minimum Gasteiger partial charge on any atom is -0.149 e. The third-order valence-electron chi connectivity index (χ3n) is 3.43. The lowest BCUT2D eigenvalue weighted by Gasteiger charge is -2.26. The number of hydrogen-bond donors (Lipinski definition) is 0.